The molecule has 0 aliphatic rings. The van der Waals surface area contributed by atoms with Crippen molar-refractivity contribution in [1.82, 2.24) is 5.32 Å². The third-order valence-electron chi connectivity index (χ3n) is 2.74. The minimum Gasteiger partial charge on any atom is -0.453 e. The molecule has 1 unspecified atom stereocenters. The molecule has 5 nitrogen and oxygen atoms in total. The van der Waals surface area contributed by atoms with Crippen molar-refractivity contribution in [2.45, 2.75) is 52.2 Å². The van der Waals surface area contributed by atoms with Crippen molar-refractivity contribution < 1.29 is 14.3 Å². The van der Waals surface area contributed by atoms with E-state index in [4.69, 9.17) is 10.5 Å². The maximum Gasteiger partial charge on any atom is 0.306 e. The molecule has 1 amide bonds. The molecule has 5 heteroatoms. The summed E-state index contributed by atoms with van der Waals surface area (Å²) >= 11 is 0. The molecule has 0 fully saturated rings. The number of amides is 1. The highest BCUT2D eigenvalue weighted by atomic mass is 16.5. The SMILES string of the molecule is CC(OC(=O)CCc1cccc(N)c1)C(=O)NC(C)(C)C. The summed E-state index contributed by atoms with van der Waals surface area (Å²) in [4.78, 5) is 23.6. The molecule has 0 aliphatic heterocycles. The Morgan fingerprint density at radius 3 is 2.57 bits per heavy atom. The van der Waals surface area contributed by atoms with Crippen LogP contribution in [0.5, 0.6) is 0 Å². The lowest BCUT2D eigenvalue weighted by Crippen LogP contribution is -2.46. The fourth-order valence-corrected chi connectivity index (χ4v) is 1.78. The second-order valence-corrected chi connectivity index (χ2v) is 6.12. The molecule has 0 bridgehead atoms. The summed E-state index contributed by atoms with van der Waals surface area (Å²) in [5.74, 6) is -0.686. The molecule has 21 heavy (non-hydrogen) atoms. The number of ether oxygens (including phenoxy) is 1. The highest BCUT2D eigenvalue weighted by molar-refractivity contribution is 5.83. The number of carbonyl (C=O) groups is 2. The van der Waals surface area contributed by atoms with Gasteiger partial charge in [0.15, 0.2) is 6.10 Å². The quantitative estimate of drug-likeness (QED) is 0.643. The summed E-state index contributed by atoms with van der Waals surface area (Å²) in [5, 5.41) is 2.77. The van der Waals surface area contributed by atoms with Crippen molar-refractivity contribution in [2.75, 3.05) is 5.73 Å². The first-order chi connectivity index (χ1) is 9.67. The molecule has 1 aromatic rings. The zero-order valence-corrected chi connectivity index (χ0v) is 13.1. The van der Waals surface area contributed by atoms with Crippen LogP contribution < -0.4 is 11.1 Å². The standard InChI is InChI=1S/C16H24N2O3/c1-11(15(20)18-16(2,3)4)21-14(19)9-8-12-6-5-7-13(17)10-12/h5-7,10-11H,8-9,17H2,1-4H3,(H,18,20). The molecule has 1 rings (SSSR count). The van der Waals surface area contributed by atoms with Crippen LogP contribution in [-0.2, 0) is 20.7 Å². The van der Waals surface area contributed by atoms with Crippen LogP contribution in [0.3, 0.4) is 0 Å². The molecule has 0 aromatic heterocycles. The number of aryl methyl sites for hydroxylation is 1. The number of hydrogen-bond acceptors (Lipinski definition) is 4. The van der Waals surface area contributed by atoms with E-state index in [1.807, 2.05) is 39.0 Å². The number of nitrogens with one attached hydrogen (secondary N) is 1. The van der Waals surface area contributed by atoms with E-state index in [1.165, 1.54) is 0 Å². The van der Waals surface area contributed by atoms with Gasteiger partial charge in [-0.2, -0.15) is 0 Å². The summed E-state index contributed by atoms with van der Waals surface area (Å²) in [5.41, 5.74) is 6.96. The van der Waals surface area contributed by atoms with Crippen LogP contribution in [0.25, 0.3) is 0 Å². The molecule has 0 aliphatic carbocycles. The van der Waals surface area contributed by atoms with Gasteiger partial charge in [-0.3, -0.25) is 9.59 Å². The van der Waals surface area contributed by atoms with Crippen LogP contribution in [0.2, 0.25) is 0 Å². The summed E-state index contributed by atoms with van der Waals surface area (Å²) in [6.45, 7) is 7.19. The van der Waals surface area contributed by atoms with E-state index in [0.717, 1.165) is 5.56 Å². The Kier molecular flexibility index (Phi) is 5.76. The van der Waals surface area contributed by atoms with Gasteiger partial charge in [0.05, 0.1) is 0 Å². The Balaban J connectivity index is 2.41. The molecule has 0 radical (unpaired) electrons. The maximum absolute atomic E-state index is 11.8. The molecular formula is C16H24N2O3. The van der Waals surface area contributed by atoms with Gasteiger partial charge in [-0.25, -0.2) is 0 Å². The molecule has 0 heterocycles. The summed E-state index contributed by atoms with van der Waals surface area (Å²) in [6, 6.07) is 7.36. The predicted octanol–water partition coefficient (Wildman–Crippen LogP) is 2.05. The highest BCUT2D eigenvalue weighted by Gasteiger charge is 2.22. The smallest absolute Gasteiger partial charge is 0.306 e. The van der Waals surface area contributed by atoms with Crippen LogP contribution in [0.15, 0.2) is 24.3 Å². The highest BCUT2D eigenvalue weighted by Crippen LogP contribution is 2.10. The summed E-state index contributed by atoms with van der Waals surface area (Å²) < 4.78 is 5.13. The van der Waals surface area contributed by atoms with Crippen LogP contribution in [0.1, 0.15) is 39.7 Å². The van der Waals surface area contributed by atoms with Crippen LogP contribution >= 0.6 is 0 Å². The minimum atomic E-state index is -0.794. The van der Waals surface area contributed by atoms with Gasteiger partial charge in [0.25, 0.3) is 5.91 Å². The van der Waals surface area contributed by atoms with Gasteiger partial charge in [0, 0.05) is 17.6 Å². The topological polar surface area (TPSA) is 81.4 Å². The van der Waals surface area contributed by atoms with Gasteiger partial charge in [-0.15, -0.1) is 0 Å². The number of anilines is 1. The van der Waals surface area contributed by atoms with Crippen molar-refractivity contribution in [2.24, 2.45) is 0 Å². The lowest BCUT2D eigenvalue weighted by molar-refractivity contribution is -0.155. The average molecular weight is 292 g/mol. The number of carbonyl (C=O) groups excluding carboxylic acids is 2. The number of benzene rings is 1. The van der Waals surface area contributed by atoms with E-state index in [9.17, 15) is 9.59 Å². The lowest BCUT2D eigenvalue weighted by atomic mass is 10.1. The number of nitrogens with two attached hydrogens (primary N) is 1. The normalized spacial score (nSPS) is 12.6. The van der Waals surface area contributed by atoms with E-state index >= 15 is 0 Å². The molecular weight excluding hydrogens is 268 g/mol. The first-order valence-electron chi connectivity index (χ1n) is 7.03. The second-order valence-electron chi connectivity index (χ2n) is 6.12. The Bertz CT molecular complexity index is 506. The first-order valence-corrected chi connectivity index (χ1v) is 7.03. The Hall–Kier alpha value is -2.04. The van der Waals surface area contributed by atoms with Crippen molar-refractivity contribution in [1.29, 1.82) is 0 Å². The summed E-state index contributed by atoms with van der Waals surface area (Å²) in [7, 11) is 0. The molecule has 1 atom stereocenters. The van der Waals surface area contributed by atoms with Gasteiger partial charge in [0.2, 0.25) is 0 Å². The van der Waals surface area contributed by atoms with E-state index in [-0.39, 0.29) is 17.9 Å². The van der Waals surface area contributed by atoms with Crippen molar-refractivity contribution >= 4 is 17.6 Å². The second kappa shape index (κ2) is 7.11. The molecule has 0 saturated heterocycles. The molecule has 0 spiro atoms. The lowest BCUT2D eigenvalue weighted by Gasteiger charge is -2.23. The van der Waals surface area contributed by atoms with E-state index in [0.29, 0.717) is 12.1 Å². The fraction of sp³-hybridized carbons (Fsp3) is 0.500. The first kappa shape index (κ1) is 17.0. The maximum atomic E-state index is 11.8. The molecule has 0 saturated carbocycles. The predicted molar refractivity (Wildman–Crippen MR) is 82.6 cm³/mol. The van der Waals surface area contributed by atoms with Gasteiger partial charge >= 0.3 is 5.97 Å². The third kappa shape index (κ3) is 6.79. The fourth-order valence-electron chi connectivity index (χ4n) is 1.78. The van der Waals surface area contributed by atoms with Crippen LogP contribution in [0.4, 0.5) is 5.69 Å². The molecule has 3 N–H and O–H groups in total. The number of esters is 1. The van der Waals surface area contributed by atoms with E-state index < -0.39 is 12.1 Å². The largest absolute Gasteiger partial charge is 0.453 e. The Morgan fingerprint density at radius 2 is 2.00 bits per heavy atom. The minimum absolute atomic E-state index is 0.219. The number of hydrogen-bond donors (Lipinski definition) is 2. The van der Waals surface area contributed by atoms with E-state index in [2.05, 4.69) is 5.32 Å². The average Bonchev–Trinajstić information content (AvgIpc) is 2.34. The van der Waals surface area contributed by atoms with Gasteiger partial charge in [-0.1, -0.05) is 12.1 Å². The third-order valence-corrected chi connectivity index (χ3v) is 2.74. The van der Waals surface area contributed by atoms with Gasteiger partial charge < -0.3 is 15.8 Å². The van der Waals surface area contributed by atoms with Crippen LogP contribution in [-0.4, -0.2) is 23.5 Å². The van der Waals surface area contributed by atoms with Gasteiger partial charge in [0.1, 0.15) is 0 Å². The van der Waals surface area contributed by atoms with Crippen molar-refractivity contribution in [3.63, 3.8) is 0 Å². The zero-order valence-electron chi connectivity index (χ0n) is 13.1. The Labute approximate surface area is 125 Å². The zero-order chi connectivity index (χ0) is 16.0. The van der Waals surface area contributed by atoms with Crippen molar-refractivity contribution in [3.8, 4) is 0 Å². The summed E-state index contributed by atoms with van der Waals surface area (Å²) in [6.07, 6.45) is -0.0359. The number of nitrogen functional groups attached to an aromatic ring is 1. The van der Waals surface area contributed by atoms with Crippen molar-refractivity contribution in [3.05, 3.63) is 29.8 Å². The Morgan fingerprint density at radius 1 is 1.33 bits per heavy atom. The molecule has 116 valence electrons. The monoisotopic (exact) mass is 292 g/mol. The van der Waals surface area contributed by atoms with E-state index in [1.54, 1.807) is 13.0 Å². The van der Waals surface area contributed by atoms with Gasteiger partial charge in [-0.05, 0) is 51.8 Å². The molecule has 1 aromatic carbocycles. The van der Waals surface area contributed by atoms with Crippen LogP contribution in [0, 0.1) is 0 Å². The number of rotatable bonds is 5.